The van der Waals surface area contributed by atoms with E-state index >= 15 is 0 Å². The van der Waals surface area contributed by atoms with E-state index in [4.69, 9.17) is 27.9 Å². The first kappa shape index (κ1) is 27.6. The van der Waals surface area contributed by atoms with Gasteiger partial charge in [0, 0.05) is 24.5 Å². The van der Waals surface area contributed by atoms with E-state index in [0.29, 0.717) is 28.8 Å². The van der Waals surface area contributed by atoms with Crippen molar-refractivity contribution < 1.29 is 14.3 Å². The molecule has 3 rings (SSSR count). The SMILES string of the molecule is Cc1ccc(CN(C(=O)COc2ccc(Cl)cc2Cl)[C@H](Cc2ccccc2)C(=O)NCC(C)C)cc1. The lowest BCUT2D eigenvalue weighted by molar-refractivity contribution is -0.142. The van der Waals surface area contributed by atoms with Crippen molar-refractivity contribution in [1.29, 1.82) is 0 Å². The van der Waals surface area contributed by atoms with Crippen LogP contribution in [-0.4, -0.2) is 35.9 Å². The number of halogens is 2. The van der Waals surface area contributed by atoms with Crippen LogP contribution in [0.3, 0.4) is 0 Å². The number of hydrogen-bond donors (Lipinski definition) is 1. The molecule has 1 N–H and O–H groups in total. The maximum atomic E-state index is 13.6. The Morgan fingerprint density at radius 3 is 2.28 bits per heavy atom. The highest BCUT2D eigenvalue weighted by Gasteiger charge is 2.30. The van der Waals surface area contributed by atoms with Gasteiger partial charge in [-0.15, -0.1) is 0 Å². The first-order valence-electron chi connectivity index (χ1n) is 12.0. The van der Waals surface area contributed by atoms with Gasteiger partial charge in [0.25, 0.3) is 5.91 Å². The van der Waals surface area contributed by atoms with Gasteiger partial charge in [-0.25, -0.2) is 0 Å². The van der Waals surface area contributed by atoms with Crippen molar-refractivity contribution in [2.45, 2.75) is 39.8 Å². The fourth-order valence-electron chi connectivity index (χ4n) is 3.68. The molecule has 0 bridgehead atoms. The molecule has 2 amide bonds. The van der Waals surface area contributed by atoms with Gasteiger partial charge in [0.1, 0.15) is 11.8 Å². The zero-order valence-electron chi connectivity index (χ0n) is 20.8. The average molecular weight is 527 g/mol. The van der Waals surface area contributed by atoms with E-state index in [2.05, 4.69) is 5.32 Å². The Labute approximate surface area is 223 Å². The fraction of sp³-hybridized carbons (Fsp3) is 0.310. The standard InChI is InChI=1S/C29H32Cl2N2O3/c1-20(2)17-32-29(35)26(15-22-7-5-4-6-8-22)33(18-23-11-9-21(3)10-12-23)28(34)19-36-27-14-13-24(30)16-25(27)31/h4-14,16,20,26H,15,17-19H2,1-3H3,(H,32,35)/t26-/m1/s1. The van der Waals surface area contributed by atoms with Crippen LogP contribution in [0, 0.1) is 12.8 Å². The second kappa shape index (κ2) is 13.3. The van der Waals surface area contributed by atoms with Crippen LogP contribution in [-0.2, 0) is 22.6 Å². The van der Waals surface area contributed by atoms with Gasteiger partial charge in [-0.1, -0.05) is 97.2 Å². The lowest BCUT2D eigenvalue weighted by Crippen LogP contribution is -2.52. The number of carbonyl (C=O) groups excluding carboxylic acids is 2. The number of rotatable bonds is 11. The van der Waals surface area contributed by atoms with Gasteiger partial charge in [-0.05, 0) is 42.2 Å². The summed E-state index contributed by atoms with van der Waals surface area (Å²) in [6.45, 7) is 6.59. The number of nitrogens with one attached hydrogen (secondary N) is 1. The van der Waals surface area contributed by atoms with Crippen molar-refractivity contribution >= 4 is 35.0 Å². The second-order valence-corrected chi connectivity index (χ2v) is 10.1. The number of carbonyl (C=O) groups is 2. The van der Waals surface area contributed by atoms with E-state index in [1.54, 1.807) is 23.1 Å². The number of hydrogen-bond acceptors (Lipinski definition) is 3. The third-order valence-electron chi connectivity index (χ3n) is 5.67. The maximum Gasteiger partial charge on any atom is 0.261 e. The van der Waals surface area contributed by atoms with Crippen molar-refractivity contribution in [1.82, 2.24) is 10.2 Å². The number of nitrogens with zero attached hydrogens (tertiary/aromatic N) is 1. The Bertz CT molecular complexity index is 1150. The first-order chi connectivity index (χ1) is 17.2. The van der Waals surface area contributed by atoms with Crippen molar-refractivity contribution in [3.8, 4) is 5.75 Å². The zero-order chi connectivity index (χ0) is 26.1. The molecule has 0 spiro atoms. The molecule has 0 saturated heterocycles. The quantitative estimate of drug-likeness (QED) is 0.328. The molecule has 0 saturated carbocycles. The summed E-state index contributed by atoms with van der Waals surface area (Å²) in [5, 5.41) is 3.80. The van der Waals surface area contributed by atoms with Crippen LogP contribution in [0.15, 0.2) is 72.8 Å². The molecule has 3 aromatic rings. The molecular formula is C29H32Cl2N2O3. The summed E-state index contributed by atoms with van der Waals surface area (Å²) in [6.07, 6.45) is 0.379. The van der Waals surface area contributed by atoms with Gasteiger partial charge in [0.05, 0.1) is 5.02 Å². The predicted octanol–water partition coefficient (Wildman–Crippen LogP) is 6.09. The van der Waals surface area contributed by atoms with Crippen molar-refractivity contribution in [2.24, 2.45) is 5.92 Å². The zero-order valence-corrected chi connectivity index (χ0v) is 22.4. The minimum atomic E-state index is -0.718. The monoisotopic (exact) mass is 526 g/mol. The van der Waals surface area contributed by atoms with Crippen molar-refractivity contribution in [2.75, 3.05) is 13.2 Å². The van der Waals surface area contributed by atoms with Gasteiger partial charge < -0.3 is 15.0 Å². The summed E-state index contributed by atoms with van der Waals surface area (Å²) < 4.78 is 5.76. The van der Waals surface area contributed by atoms with Crippen LogP contribution in [0.2, 0.25) is 10.0 Å². The summed E-state index contributed by atoms with van der Waals surface area (Å²) in [7, 11) is 0. The molecule has 5 nitrogen and oxygen atoms in total. The van der Waals surface area contributed by atoms with E-state index in [-0.39, 0.29) is 30.9 Å². The molecule has 0 fully saturated rings. The minimum Gasteiger partial charge on any atom is -0.482 e. The molecule has 0 unspecified atom stereocenters. The third-order valence-corrected chi connectivity index (χ3v) is 6.20. The number of benzene rings is 3. The van der Waals surface area contributed by atoms with Crippen LogP contribution >= 0.6 is 23.2 Å². The van der Waals surface area contributed by atoms with Crippen LogP contribution in [0.5, 0.6) is 5.75 Å². The lowest BCUT2D eigenvalue weighted by atomic mass is 10.0. The Morgan fingerprint density at radius 2 is 1.64 bits per heavy atom. The Hall–Kier alpha value is -3.02. The van der Waals surface area contributed by atoms with E-state index < -0.39 is 6.04 Å². The molecular weight excluding hydrogens is 495 g/mol. The fourth-order valence-corrected chi connectivity index (χ4v) is 4.14. The third kappa shape index (κ3) is 8.28. The van der Waals surface area contributed by atoms with Crippen LogP contribution in [0.1, 0.15) is 30.5 Å². The Balaban J connectivity index is 1.90. The maximum absolute atomic E-state index is 13.6. The summed E-state index contributed by atoms with van der Waals surface area (Å²) in [5.41, 5.74) is 3.01. The average Bonchev–Trinajstić information content (AvgIpc) is 2.85. The molecule has 7 heteroatoms. The van der Waals surface area contributed by atoms with Gasteiger partial charge >= 0.3 is 0 Å². The van der Waals surface area contributed by atoms with Crippen LogP contribution in [0.25, 0.3) is 0 Å². The molecule has 0 aliphatic rings. The molecule has 0 aromatic heterocycles. The second-order valence-electron chi connectivity index (χ2n) is 9.22. The van der Waals surface area contributed by atoms with Gasteiger partial charge in [-0.2, -0.15) is 0 Å². The Morgan fingerprint density at radius 1 is 0.944 bits per heavy atom. The highest BCUT2D eigenvalue weighted by Crippen LogP contribution is 2.27. The summed E-state index contributed by atoms with van der Waals surface area (Å²) in [6, 6.07) is 21.7. The van der Waals surface area contributed by atoms with Gasteiger partial charge in [0.15, 0.2) is 6.61 Å². The van der Waals surface area contributed by atoms with E-state index in [1.165, 1.54) is 0 Å². The Kier molecular flexibility index (Phi) is 10.2. The molecule has 1 atom stereocenters. The van der Waals surface area contributed by atoms with Gasteiger partial charge in [-0.3, -0.25) is 9.59 Å². The largest absolute Gasteiger partial charge is 0.482 e. The number of amides is 2. The van der Waals surface area contributed by atoms with E-state index in [1.807, 2.05) is 75.4 Å². The molecule has 0 aliphatic carbocycles. The highest BCUT2D eigenvalue weighted by atomic mass is 35.5. The smallest absolute Gasteiger partial charge is 0.261 e. The normalized spacial score (nSPS) is 11.7. The molecule has 190 valence electrons. The molecule has 0 radical (unpaired) electrons. The van der Waals surface area contributed by atoms with Crippen molar-refractivity contribution in [3.05, 3.63) is 99.5 Å². The number of ether oxygens (including phenoxy) is 1. The van der Waals surface area contributed by atoms with Crippen molar-refractivity contribution in [3.63, 3.8) is 0 Å². The topological polar surface area (TPSA) is 58.6 Å². The van der Waals surface area contributed by atoms with Crippen LogP contribution < -0.4 is 10.1 Å². The van der Waals surface area contributed by atoms with Gasteiger partial charge in [0.2, 0.25) is 5.91 Å². The molecule has 0 heterocycles. The highest BCUT2D eigenvalue weighted by molar-refractivity contribution is 6.35. The lowest BCUT2D eigenvalue weighted by Gasteiger charge is -2.31. The summed E-state index contributed by atoms with van der Waals surface area (Å²) in [4.78, 5) is 28.6. The van der Waals surface area contributed by atoms with E-state index in [0.717, 1.165) is 16.7 Å². The summed E-state index contributed by atoms with van der Waals surface area (Å²) in [5.74, 6) is 0.122. The minimum absolute atomic E-state index is 0.197. The number of aryl methyl sites for hydroxylation is 1. The molecule has 3 aromatic carbocycles. The first-order valence-corrected chi connectivity index (χ1v) is 12.7. The predicted molar refractivity (Wildman–Crippen MR) is 145 cm³/mol. The molecule has 0 aliphatic heterocycles. The summed E-state index contributed by atoms with van der Waals surface area (Å²) >= 11 is 12.2. The van der Waals surface area contributed by atoms with Crippen LogP contribution in [0.4, 0.5) is 0 Å². The van der Waals surface area contributed by atoms with E-state index in [9.17, 15) is 9.59 Å². The molecule has 36 heavy (non-hydrogen) atoms.